The van der Waals surface area contributed by atoms with Gasteiger partial charge >= 0.3 is 0 Å². The molecule has 1 aliphatic heterocycles. The van der Waals surface area contributed by atoms with Crippen LogP contribution in [0.2, 0.25) is 0 Å². The number of benzene rings is 7. The number of nitrogens with zero attached hydrogens (tertiary/aromatic N) is 1. The van der Waals surface area contributed by atoms with Crippen molar-refractivity contribution >= 4 is 17.1 Å². The molecule has 1 heterocycles. The Balaban J connectivity index is 0.000000236. The molecule has 270 valence electrons. The van der Waals surface area contributed by atoms with Crippen LogP contribution in [0.5, 0.6) is 0 Å². The Bertz CT molecular complexity index is 2320. The van der Waals surface area contributed by atoms with E-state index in [4.69, 9.17) is 0 Å². The third-order valence-corrected chi connectivity index (χ3v) is 11.5. The average Bonchev–Trinajstić information content (AvgIpc) is 3.20. The third kappa shape index (κ3) is 6.58. The number of para-hydroxylation sites is 2. The molecule has 0 saturated heterocycles. The van der Waals surface area contributed by atoms with Crippen molar-refractivity contribution in [3.8, 4) is 22.3 Å². The van der Waals surface area contributed by atoms with Gasteiger partial charge in [0, 0.05) is 17.0 Å². The van der Waals surface area contributed by atoms with E-state index < -0.39 is 0 Å². The molecule has 7 aromatic rings. The van der Waals surface area contributed by atoms with Gasteiger partial charge in [-0.3, -0.25) is 0 Å². The van der Waals surface area contributed by atoms with Gasteiger partial charge in [-0.25, -0.2) is 0 Å². The van der Waals surface area contributed by atoms with Gasteiger partial charge in [0.15, 0.2) is 0 Å². The van der Waals surface area contributed by atoms with Crippen LogP contribution in [0.15, 0.2) is 164 Å². The highest BCUT2D eigenvalue weighted by molar-refractivity contribution is 5.86. The number of fused-ring (bicyclic) bond motifs is 5. The third-order valence-electron chi connectivity index (χ3n) is 11.5. The van der Waals surface area contributed by atoms with E-state index in [1.165, 1.54) is 83.8 Å². The summed E-state index contributed by atoms with van der Waals surface area (Å²) in [5.41, 5.74) is 20.1. The molecule has 54 heavy (non-hydrogen) atoms. The molecule has 0 radical (unpaired) electrons. The molecule has 1 heteroatoms. The van der Waals surface area contributed by atoms with Crippen LogP contribution in [-0.4, -0.2) is 0 Å². The summed E-state index contributed by atoms with van der Waals surface area (Å²) < 4.78 is 0. The lowest BCUT2D eigenvalue weighted by molar-refractivity contribution is 0.631. The minimum atomic E-state index is -0.0587. The quantitative estimate of drug-likeness (QED) is 0.177. The summed E-state index contributed by atoms with van der Waals surface area (Å²) in [5, 5.41) is 0. The van der Waals surface area contributed by atoms with Crippen LogP contribution >= 0.6 is 0 Å². The normalized spacial score (nSPS) is 15.9. The molecule has 0 spiro atoms. The lowest BCUT2D eigenvalue weighted by Crippen LogP contribution is -2.30. The van der Waals surface area contributed by atoms with Crippen LogP contribution in [-0.2, 0) is 5.41 Å². The van der Waals surface area contributed by atoms with E-state index in [1.54, 1.807) is 0 Å². The summed E-state index contributed by atoms with van der Waals surface area (Å²) in [6.07, 6.45) is 0. The van der Waals surface area contributed by atoms with E-state index in [0.717, 1.165) is 0 Å². The summed E-state index contributed by atoms with van der Waals surface area (Å²) in [5.74, 6) is 0.682. The molecule has 0 fully saturated rings. The van der Waals surface area contributed by atoms with Gasteiger partial charge in [-0.05, 0) is 118 Å². The second kappa shape index (κ2) is 15.4. The molecule has 7 aromatic carbocycles. The SMILES string of the molecule is CC.Cc1cc(C2c3ccccc3-c3ccccc3C2C)cc(N2c3ccccc3C(C)(C)c3ccccc32)c1.Cc1ccccc1-c1ccccc1C. The zero-order valence-electron chi connectivity index (χ0n) is 33.2. The summed E-state index contributed by atoms with van der Waals surface area (Å²) in [7, 11) is 0. The first-order valence-corrected chi connectivity index (χ1v) is 19.6. The van der Waals surface area contributed by atoms with Crippen molar-refractivity contribution in [1.82, 2.24) is 0 Å². The summed E-state index contributed by atoms with van der Waals surface area (Å²) in [4.78, 5) is 2.49. The largest absolute Gasteiger partial charge is 0.310 e. The number of hydrogen-bond acceptors (Lipinski definition) is 1. The minimum absolute atomic E-state index is 0.0587. The predicted molar refractivity (Wildman–Crippen MR) is 233 cm³/mol. The summed E-state index contributed by atoms with van der Waals surface area (Å²) in [6.45, 7) is 17.6. The number of rotatable bonds is 3. The van der Waals surface area contributed by atoms with Crippen molar-refractivity contribution < 1.29 is 0 Å². The maximum absolute atomic E-state index is 2.49. The fourth-order valence-corrected chi connectivity index (χ4v) is 8.87. The molecule has 0 bridgehead atoms. The molecule has 0 saturated carbocycles. The Labute approximate surface area is 324 Å². The van der Waals surface area contributed by atoms with E-state index in [1.807, 2.05) is 13.8 Å². The molecule has 2 atom stereocenters. The zero-order chi connectivity index (χ0) is 38.0. The highest BCUT2D eigenvalue weighted by Crippen LogP contribution is 2.54. The van der Waals surface area contributed by atoms with Crippen molar-refractivity contribution in [3.05, 3.63) is 208 Å². The van der Waals surface area contributed by atoms with Gasteiger partial charge < -0.3 is 4.90 Å². The highest BCUT2D eigenvalue weighted by atomic mass is 15.2. The number of aryl methyl sites for hydroxylation is 3. The maximum atomic E-state index is 2.49. The molecular formula is C53H53N. The van der Waals surface area contributed by atoms with E-state index in [-0.39, 0.29) is 5.41 Å². The monoisotopic (exact) mass is 703 g/mol. The molecule has 2 aliphatic rings. The Kier molecular flexibility index (Phi) is 10.4. The van der Waals surface area contributed by atoms with Gasteiger partial charge in [0.1, 0.15) is 0 Å². The van der Waals surface area contributed by atoms with Gasteiger partial charge in [0.05, 0.1) is 11.4 Å². The lowest BCUT2D eigenvalue weighted by atomic mass is 9.69. The fraction of sp³-hybridized carbons (Fsp3) is 0.208. The second-order valence-electron chi connectivity index (χ2n) is 15.2. The van der Waals surface area contributed by atoms with Gasteiger partial charge in [-0.1, -0.05) is 174 Å². The number of hydrogen-bond donors (Lipinski definition) is 0. The molecule has 0 N–H and O–H groups in total. The van der Waals surface area contributed by atoms with E-state index >= 15 is 0 Å². The number of anilines is 3. The Morgan fingerprint density at radius 2 is 0.889 bits per heavy atom. The molecule has 1 nitrogen and oxygen atoms in total. The summed E-state index contributed by atoms with van der Waals surface area (Å²) >= 11 is 0. The Morgan fingerprint density at radius 3 is 1.43 bits per heavy atom. The van der Waals surface area contributed by atoms with Crippen LogP contribution in [0.25, 0.3) is 22.3 Å². The Hall–Kier alpha value is -5.66. The molecule has 2 unspecified atom stereocenters. The van der Waals surface area contributed by atoms with Crippen LogP contribution in [0.3, 0.4) is 0 Å². The molecule has 9 rings (SSSR count). The topological polar surface area (TPSA) is 3.24 Å². The Morgan fingerprint density at radius 1 is 0.463 bits per heavy atom. The van der Waals surface area contributed by atoms with Gasteiger partial charge in [-0.15, -0.1) is 0 Å². The van der Waals surface area contributed by atoms with E-state index in [0.29, 0.717) is 11.8 Å². The average molecular weight is 704 g/mol. The standard InChI is InChI=1S/C37H33N.C14H14.C2H6/c1-24-21-26(36-25(2)28-13-5-6-14-29(28)30-15-7-8-16-31(30)36)23-27(22-24)38-34-19-11-9-17-32(34)37(3,4)33-18-10-12-20-35(33)38;1-11-7-3-5-9-13(11)14-10-6-4-8-12(14)2;1-2/h5-23,25,36H,1-4H3;3-10H,1-2H3;1-2H3. The first kappa shape index (κ1) is 36.7. The van der Waals surface area contributed by atoms with Crippen molar-refractivity contribution in [2.24, 2.45) is 0 Å². The van der Waals surface area contributed by atoms with Gasteiger partial charge in [0.25, 0.3) is 0 Å². The molecule has 0 aromatic heterocycles. The van der Waals surface area contributed by atoms with Crippen molar-refractivity contribution in [1.29, 1.82) is 0 Å². The molecule has 0 amide bonds. The van der Waals surface area contributed by atoms with Crippen LogP contribution in [0.4, 0.5) is 17.1 Å². The smallest absolute Gasteiger partial charge is 0.0502 e. The second-order valence-corrected chi connectivity index (χ2v) is 15.2. The molecule has 1 aliphatic carbocycles. The first-order chi connectivity index (χ1) is 26.2. The van der Waals surface area contributed by atoms with Crippen LogP contribution in [0, 0.1) is 20.8 Å². The van der Waals surface area contributed by atoms with E-state index in [2.05, 4.69) is 210 Å². The lowest BCUT2D eigenvalue weighted by Gasteiger charge is -2.42. The zero-order valence-corrected chi connectivity index (χ0v) is 33.2. The van der Waals surface area contributed by atoms with Gasteiger partial charge in [0.2, 0.25) is 0 Å². The maximum Gasteiger partial charge on any atom is 0.0502 e. The van der Waals surface area contributed by atoms with Gasteiger partial charge in [-0.2, -0.15) is 0 Å². The van der Waals surface area contributed by atoms with Crippen molar-refractivity contribution in [2.75, 3.05) is 4.90 Å². The summed E-state index contributed by atoms with van der Waals surface area (Å²) in [6, 6.07) is 60.0. The van der Waals surface area contributed by atoms with Crippen LogP contribution in [0.1, 0.15) is 91.0 Å². The molecular weight excluding hydrogens is 651 g/mol. The van der Waals surface area contributed by atoms with Crippen molar-refractivity contribution in [3.63, 3.8) is 0 Å². The van der Waals surface area contributed by atoms with Crippen LogP contribution < -0.4 is 4.90 Å². The minimum Gasteiger partial charge on any atom is -0.310 e. The fourth-order valence-electron chi connectivity index (χ4n) is 8.87. The predicted octanol–water partition coefficient (Wildman–Crippen LogP) is 15.0. The highest BCUT2D eigenvalue weighted by Gasteiger charge is 2.37. The van der Waals surface area contributed by atoms with E-state index in [9.17, 15) is 0 Å². The van der Waals surface area contributed by atoms with Crippen molar-refractivity contribution in [2.45, 2.75) is 72.6 Å². The first-order valence-electron chi connectivity index (χ1n) is 19.6.